The molecule has 0 spiro atoms. The Morgan fingerprint density at radius 2 is 1.90 bits per heavy atom. The summed E-state index contributed by atoms with van der Waals surface area (Å²) < 4.78 is 0. The van der Waals surface area contributed by atoms with Crippen LogP contribution in [0.25, 0.3) is 0 Å². The van der Waals surface area contributed by atoms with Gasteiger partial charge in [-0.2, -0.15) is 0 Å². The summed E-state index contributed by atoms with van der Waals surface area (Å²) in [5, 5.41) is 2.17. The highest BCUT2D eigenvalue weighted by Gasteiger charge is 2.36. The summed E-state index contributed by atoms with van der Waals surface area (Å²) >= 11 is 0. The Morgan fingerprint density at radius 1 is 1.20 bits per heavy atom. The zero-order valence-electron chi connectivity index (χ0n) is 11.5. The summed E-state index contributed by atoms with van der Waals surface area (Å²) in [4.78, 5) is 38.5. The second-order valence-electron chi connectivity index (χ2n) is 4.75. The number of imide groups is 2. The van der Waals surface area contributed by atoms with Gasteiger partial charge in [0.25, 0.3) is 11.8 Å². The molecule has 20 heavy (non-hydrogen) atoms. The molecular weight excluding hydrogens is 258 g/mol. The molecule has 4 amide bonds. The number of carbonyl (C=O) groups is 3. The number of barbiturate groups is 1. The maximum absolute atomic E-state index is 12.3. The molecule has 1 N–H and O–H groups in total. The maximum Gasteiger partial charge on any atom is 0.335 e. The Bertz CT molecular complexity index is 620. The van der Waals surface area contributed by atoms with Crippen molar-refractivity contribution in [3.05, 3.63) is 41.6 Å². The first-order valence-electron chi connectivity index (χ1n) is 6.05. The van der Waals surface area contributed by atoms with E-state index < -0.39 is 17.8 Å². The van der Waals surface area contributed by atoms with Gasteiger partial charge in [0.15, 0.2) is 0 Å². The molecule has 104 valence electrons. The zero-order chi connectivity index (χ0) is 14.9. The van der Waals surface area contributed by atoms with Crippen LogP contribution in [0, 0.1) is 6.92 Å². The van der Waals surface area contributed by atoms with E-state index in [-0.39, 0.29) is 5.57 Å². The van der Waals surface area contributed by atoms with Gasteiger partial charge in [0, 0.05) is 20.3 Å². The Labute approximate surface area is 116 Å². The second-order valence-corrected chi connectivity index (χ2v) is 4.75. The number of rotatable bonds is 2. The Kier molecular flexibility index (Phi) is 3.56. The normalized spacial score (nSPS) is 17.4. The van der Waals surface area contributed by atoms with Gasteiger partial charge in [-0.15, -0.1) is 0 Å². The number of hydrogen-bond donors (Lipinski definition) is 1. The van der Waals surface area contributed by atoms with Crippen LogP contribution in [0.1, 0.15) is 5.56 Å². The fraction of sp³-hybridized carbons (Fsp3) is 0.214. The van der Waals surface area contributed by atoms with Gasteiger partial charge in [0.2, 0.25) is 0 Å². The average molecular weight is 273 g/mol. The molecule has 0 radical (unpaired) electrons. The van der Waals surface area contributed by atoms with Crippen LogP contribution in [0.2, 0.25) is 0 Å². The van der Waals surface area contributed by atoms with Crippen molar-refractivity contribution in [2.45, 2.75) is 6.92 Å². The minimum atomic E-state index is -0.735. The van der Waals surface area contributed by atoms with E-state index in [4.69, 9.17) is 0 Å². The van der Waals surface area contributed by atoms with E-state index >= 15 is 0 Å². The van der Waals surface area contributed by atoms with Crippen LogP contribution in [0.3, 0.4) is 0 Å². The average Bonchev–Trinajstić information content (AvgIpc) is 2.34. The summed E-state index contributed by atoms with van der Waals surface area (Å²) in [6.07, 6.45) is 1.40. The maximum atomic E-state index is 12.3. The van der Waals surface area contributed by atoms with Gasteiger partial charge in [0.05, 0.1) is 5.69 Å². The number of anilines is 1. The van der Waals surface area contributed by atoms with Gasteiger partial charge >= 0.3 is 6.03 Å². The highest BCUT2D eigenvalue weighted by molar-refractivity contribution is 6.37. The van der Waals surface area contributed by atoms with Gasteiger partial charge in [-0.25, -0.2) is 9.69 Å². The molecule has 0 saturated carbocycles. The number of benzene rings is 1. The lowest BCUT2D eigenvalue weighted by Gasteiger charge is -2.27. The number of amides is 4. The van der Waals surface area contributed by atoms with Crippen LogP contribution in [-0.4, -0.2) is 36.8 Å². The molecule has 1 aromatic rings. The van der Waals surface area contributed by atoms with Crippen LogP contribution in [0.4, 0.5) is 10.5 Å². The molecule has 0 atom stereocenters. The molecule has 6 nitrogen and oxygen atoms in total. The molecule has 1 aliphatic rings. The standard InChI is InChI=1S/C14H15N3O3/c1-9-5-4-6-10(7-9)17-13(19)11(8-16(2)3)12(18)15-14(17)20/h4-8H,1-3H3,(H,15,18,20)/b11-8+. The fourth-order valence-corrected chi connectivity index (χ4v) is 1.90. The van der Waals surface area contributed by atoms with Crippen molar-refractivity contribution in [3.63, 3.8) is 0 Å². The van der Waals surface area contributed by atoms with Crippen molar-refractivity contribution in [3.8, 4) is 0 Å². The Morgan fingerprint density at radius 3 is 2.50 bits per heavy atom. The third kappa shape index (κ3) is 2.54. The van der Waals surface area contributed by atoms with Crippen LogP contribution in [-0.2, 0) is 9.59 Å². The lowest BCUT2D eigenvalue weighted by Crippen LogP contribution is -2.54. The highest BCUT2D eigenvalue weighted by atomic mass is 16.2. The predicted octanol–water partition coefficient (Wildman–Crippen LogP) is 1.02. The van der Waals surface area contributed by atoms with Gasteiger partial charge in [-0.3, -0.25) is 14.9 Å². The molecule has 1 aromatic carbocycles. The number of nitrogens with one attached hydrogen (secondary N) is 1. The third-order valence-corrected chi connectivity index (χ3v) is 2.75. The molecule has 1 heterocycles. The van der Waals surface area contributed by atoms with Crippen LogP contribution < -0.4 is 10.2 Å². The first-order valence-corrected chi connectivity index (χ1v) is 6.05. The molecule has 0 aliphatic carbocycles. The monoisotopic (exact) mass is 273 g/mol. The van der Waals surface area contributed by atoms with Crippen molar-refractivity contribution in [1.29, 1.82) is 0 Å². The highest BCUT2D eigenvalue weighted by Crippen LogP contribution is 2.21. The van der Waals surface area contributed by atoms with Gasteiger partial charge < -0.3 is 4.90 Å². The van der Waals surface area contributed by atoms with Crippen LogP contribution in [0.5, 0.6) is 0 Å². The summed E-state index contributed by atoms with van der Waals surface area (Å²) in [5.41, 5.74) is 1.28. The van der Waals surface area contributed by atoms with E-state index in [1.165, 1.54) is 6.20 Å². The van der Waals surface area contributed by atoms with Crippen LogP contribution >= 0.6 is 0 Å². The van der Waals surface area contributed by atoms with E-state index in [1.54, 1.807) is 37.2 Å². The quantitative estimate of drug-likeness (QED) is 0.645. The molecule has 2 rings (SSSR count). The van der Waals surface area contributed by atoms with E-state index in [2.05, 4.69) is 5.32 Å². The summed E-state index contributed by atoms with van der Waals surface area (Å²) in [6, 6.07) is 6.23. The number of carbonyl (C=O) groups excluding carboxylic acids is 3. The van der Waals surface area contributed by atoms with Crippen molar-refractivity contribution in [1.82, 2.24) is 10.2 Å². The van der Waals surface area contributed by atoms with Crippen molar-refractivity contribution >= 4 is 23.5 Å². The molecule has 1 fully saturated rings. The fourth-order valence-electron chi connectivity index (χ4n) is 1.90. The molecule has 0 unspecified atom stereocenters. The first kappa shape index (κ1) is 13.8. The smallest absolute Gasteiger partial charge is 0.335 e. The number of urea groups is 1. The summed E-state index contributed by atoms with van der Waals surface area (Å²) in [5.74, 6) is -1.31. The molecule has 1 aliphatic heterocycles. The summed E-state index contributed by atoms with van der Waals surface area (Å²) in [6.45, 7) is 1.86. The van der Waals surface area contributed by atoms with Crippen molar-refractivity contribution < 1.29 is 14.4 Å². The van der Waals surface area contributed by atoms with E-state index in [0.29, 0.717) is 5.69 Å². The number of aryl methyl sites for hydroxylation is 1. The minimum Gasteiger partial charge on any atom is -0.383 e. The first-order chi connectivity index (χ1) is 9.40. The summed E-state index contributed by atoms with van der Waals surface area (Å²) in [7, 11) is 3.39. The zero-order valence-corrected chi connectivity index (χ0v) is 11.5. The lowest BCUT2D eigenvalue weighted by molar-refractivity contribution is -0.122. The van der Waals surface area contributed by atoms with Gasteiger partial charge in [0.1, 0.15) is 5.57 Å². The van der Waals surface area contributed by atoms with Gasteiger partial charge in [-0.1, -0.05) is 12.1 Å². The second kappa shape index (κ2) is 5.16. The number of hydrogen-bond acceptors (Lipinski definition) is 4. The third-order valence-electron chi connectivity index (χ3n) is 2.75. The Balaban J connectivity index is 2.45. The predicted molar refractivity (Wildman–Crippen MR) is 74.0 cm³/mol. The molecule has 0 bridgehead atoms. The van der Waals surface area contributed by atoms with E-state index in [9.17, 15) is 14.4 Å². The SMILES string of the molecule is Cc1cccc(N2C(=O)NC(=O)/C(=C\N(C)C)C2=O)c1. The van der Waals surface area contributed by atoms with Gasteiger partial charge in [-0.05, 0) is 24.6 Å². The number of nitrogens with zero attached hydrogens (tertiary/aromatic N) is 2. The molecule has 6 heteroatoms. The minimum absolute atomic E-state index is 0.0730. The Hall–Kier alpha value is -2.63. The molecule has 0 aromatic heterocycles. The lowest BCUT2D eigenvalue weighted by atomic mass is 10.1. The molecule has 1 saturated heterocycles. The topological polar surface area (TPSA) is 69.7 Å². The van der Waals surface area contributed by atoms with Crippen molar-refractivity contribution in [2.24, 2.45) is 0 Å². The van der Waals surface area contributed by atoms with Crippen molar-refractivity contribution in [2.75, 3.05) is 19.0 Å². The van der Waals surface area contributed by atoms with Crippen LogP contribution in [0.15, 0.2) is 36.0 Å². The van der Waals surface area contributed by atoms with E-state index in [0.717, 1.165) is 10.5 Å². The molecular formula is C14H15N3O3. The largest absolute Gasteiger partial charge is 0.383 e. The van der Waals surface area contributed by atoms with E-state index in [1.807, 2.05) is 13.0 Å².